The summed E-state index contributed by atoms with van der Waals surface area (Å²) in [6.45, 7) is 2.32. The third-order valence-electron chi connectivity index (χ3n) is 11.7. The Hall–Kier alpha value is -7.66. The van der Waals surface area contributed by atoms with Crippen molar-refractivity contribution in [1.29, 1.82) is 0 Å². The Morgan fingerprint density at radius 1 is 0.603 bits per heavy atom. The molecule has 5 aromatic heterocycles. The van der Waals surface area contributed by atoms with E-state index < -0.39 is 0 Å². The molecule has 0 radical (unpaired) electrons. The molecule has 0 saturated heterocycles. The van der Waals surface area contributed by atoms with Gasteiger partial charge in [0.25, 0.3) is 0 Å². The lowest BCUT2D eigenvalue weighted by molar-refractivity contribution is 0.540. The van der Waals surface area contributed by atoms with Crippen LogP contribution in [-0.4, -0.2) is 30.5 Å². The lowest BCUT2D eigenvalue weighted by atomic mass is 9.75. The van der Waals surface area contributed by atoms with Crippen LogP contribution >= 0.6 is 0 Å². The van der Waals surface area contributed by atoms with E-state index >= 15 is 0 Å². The summed E-state index contributed by atoms with van der Waals surface area (Å²) in [5, 5.41) is 1.09. The Kier molecular flexibility index (Phi) is 7.85. The fourth-order valence-electron chi connectivity index (χ4n) is 9.08. The zero-order valence-electron chi connectivity index (χ0n) is 31.7. The highest BCUT2D eigenvalue weighted by Crippen LogP contribution is 2.52. The van der Waals surface area contributed by atoms with Crippen molar-refractivity contribution in [2.75, 3.05) is 4.90 Å². The molecule has 11 rings (SSSR count). The van der Waals surface area contributed by atoms with Crippen molar-refractivity contribution in [3.8, 4) is 16.9 Å². The van der Waals surface area contributed by atoms with Crippen LogP contribution < -0.4 is 4.90 Å². The predicted molar refractivity (Wildman–Crippen MR) is 236 cm³/mol. The van der Waals surface area contributed by atoms with Crippen LogP contribution in [0, 0.1) is 0 Å². The van der Waals surface area contributed by atoms with Gasteiger partial charge >= 0.3 is 0 Å². The Labute approximate surface area is 336 Å². The molecular weight excluding hydrogens is 709 g/mol. The maximum atomic E-state index is 5.06. The van der Waals surface area contributed by atoms with Crippen molar-refractivity contribution < 1.29 is 0 Å². The van der Waals surface area contributed by atoms with Gasteiger partial charge in [0.1, 0.15) is 0 Å². The number of rotatable bonds is 6. The van der Waals surface area contributed by atoms with E-state index in [1.807, 2.05) is 73.3 Å². The molecule has 3 aliphatic rings. The fourth-order valence-corrected chi connectivity index (χ4v) is 9.08. The molecular formula is C52H36N6. The van der Waals surface area contributed by atoms with Gasteiger partial charge in [0.05, 0.1) is 50.8 Å². The highest BCUT2D eigenvalue weighted by atomic mass is 15.2. The molecule has 8 aromatic rings. The monoisotopic (exact) mass is 744 g/mol. The van der Waals surface area contributed by atoms with E-state index in [1.165, 1.54) is 5.57 Å². The molecule has 6 heterocycles. The summed E-state index contributed by atoms with van der Waals surface area (Å²) < 4.78 is 2.34. The second kappa shape index (κ2) is 13.5. The number of hydrogen-bond acceptors (Lipinski definition) is 5. The zero-order valence-corrected chi connectivity index (χ0v) is 31.7. The van der Waals surface area contributed by atoms with Crippen LogP contribution in [0.15, 0.2) is 200 Å². The Morgan fingerprint density at radius 3 is 2.19 bits per heavy atom. The summed E-state index contributed by atoms with van der Waals surface area (Å²) >= 11 is 0. The van der Waals surface area contributed by atoms with Gasteiger partial charge in [-0.1, -0.05) is 66.8 Å². The van der Waals surface area contributed by atoms with E-state index in [2.05, 4.69) is 148 Å². The number of anilines is 2. The third-order valence-corrected chi connectivity index (χ3v) is 11.7. The number of fused-ring (bicyclic) bond motifs is 6. The van der Waals surface area contributed by atoms with Crippen molar-refractivity contribution in [2.24, 2.45) is 0 Å². The van der Waals surface area contributed by atoms with Crippen LogP contribution in [0.25, 0.3) is 55.6 Å². The molecule has 58 heavy (non-hydrogen) atoms. The van der Waals surface area contributed by atoms with Crippen LogP contribution in [0.3, 0.4) is 0 Å². The second-order valence-electron chi connectivity index (χ2n) is 15.0. The molecule has 0 saturated carbocycles. The summed E-state index contributed by atoms with van der Waals surface area (Å²) in [5.41, 5.74) is 18.8. The average Bonchev–Trinajstić information content (AvgIpc) is 3.61. The number of nitrogens with zero attached hydrogens (tertiary/aromatic N) is 6. The molecule has 2 atom stereocenters. The first-order valence-electron chi connectivity index (χ1n) is 19.6. The smallest absolute Gasteiger partial charge is 0.0963 e. The first-order valence-corrected chi connectivity index (χ1v) is 19.6. The van der Waals surface area contributed by atoms with Gasteiger partial charge in [0, 0.05) is 52.7 Å². The minimum atomic E-state index is -0.388. The molecule has 6 heteroatoms. The van der Waals surface area contributed by atoms with E-state index in [0.717, 1.165) is 83.9 Å². The van der Waals surface area contributed by atoms with Gasteiger partial charge in [-0.05, 0) is 132 Å². The molecule has 0 amide bonds. The number of hydrogen-bond donors (Lipinski definition) is 0. The molecule has 6 nitrogen and oxygen atoms in total. The molecule has 3 aromatic carbocycles. The van der Waals surface area contributed by atoms with Crippen LogP contribution in [0.2, 0.25) is 0 Å². The summed E-state index contributed by atoms with van der Waals surface area (Å²) in [5.74, 6) is 0. The normalized spacial score (nSPS) is 18.1. The van der Waals surface area contributed by atoms with Crippen LogP contribution in [0.1, 0.15) is 29.4 Å². The van der Waals surface area contributed by atoms with Gasteiger partial charge < -0.3 is 9.47 Å². The lowest BCUT2D eigenvalue weighted by Crippen LogP contribution is -2.40. The number of aromatic nitrogens is 5. The Morgan fingerprint density at radius 2 is 1.34 bits per heavy atom. The quantitative estimate of drug-likeness (QED) is 0.159. The highest BCUT2D eigenvalue weighted by molar-refractivity contribution is 6.11. The second-order valence-corrected chi connectivity index (χ2v) is 15.0. The lowest BCUT2D eigenvalue weighted by Gasteiger charge is -2.35. The SMILES string of the molecule is CC12C=C(c3ccccc3-c3ccccn3)C=CC1N(c1cccc(-n3c4ccc(C5=CC=C=CC=C5c5ccccn5)cc4c4ncccc43)c1)c1cccnc12. The van der Waals surface area contributed by atoms with Crippen molar-refractivity contribution in [2.45, 2.75) is 18.4 Å². The minimum absolute atomic E-state index is 0.0125. The molecule has 2 unspecified atom stereocenters. The molecule has 274 valence electrons. The van der Waals surface area contributed by atoms with E-state index in [9.17, 15) is 0 Å². The van der Waals surface area contributed by atoms with Gasteiger partial charge in [-0.15, -0.1) is 5.73 Å². The van der Waals surface area contributed by atoms with Crippen LogP contribution in [0.5, 0.6) is 0 Å². The Bertz CT molecular complexity index is 3130. The molecule has 1 aliphatic heterocycles. The maximum absolute atomic E-state index is 5.06. The molecule has 0 bridgehead atoms. The number of allylic oxidation sites excluding steroid dienone is 7. The van der Waals surface area contributed by atoms with Crippen molar-refractivity contribution in [3.05, 3.63) is 223 Å². The summed E-state index contributed by atoms with van der Waals surface area (Å²) in [6, 6.07) is 44.7. The van der Waals surface area contributed by atoms with E-state index in [-0.39, 0.29) is 11.5 Å². The number of pyridine rings is 4. The first-order chi connectivity index (χ1) is 28.7. The summed E-state index contributed by atoms with van der Waals surface area (Å²) in [6.07, 6.45) is 22.7. The van der Waals surface area contributed by atoms with E-state index in [1.54, 1.807) is 0 Å². The van der Waals surface area contributed by atoms with Crippen molar-refractivity contribution >= 4 is 50.0 Å². The van der Waals surface area contributed by atoms with E-state index in [4.69, 9.17) is 15.0 Å². The molecule has 0 N–H and O–H groups in total. The minimum Gasteiger partial charge on any atom is -0.332 e. The van der Waals surface area contributed by atoms with E-state index in [0.29, 0.717) is 0 Å². The largest absolute Gasteiger partial charge is 0.332 e. The summed E-state index contributed by atoms with van der Waals surface area (Å²) in [4.78, 5) is 21.9. The molecule has 0 fully saturated rings. The van der Waals surface area contributed by atoms with Gasteiger partial charge in [-0.2, -0.15) is 0 Å². The first kappa shape index (κ1) is 33.7. The molecule has 0 spiro atoms. The van der Waals surface area contributed by atoms with Crippen molar-refractivity contribution in [3.63, 3.8) is 0 Å². The highest BCUT2D eigenvalue weighted by Gasteiger charge is 2.48. The van der Waals surface area contributed by atoms with Gasteiger partial charge in [-0.3, -0.25) is 19.9 Å². The molecule has 2 aliphatic carbocycles. The topological polar surface area (TPSA) is 59.7 Å². The third kappa shape index (κ3) is 5.35. The van der Waals surface area contributed by atoms with Crippen LogP contribution in [0.4, 0.5) is 11.4 Å². The maximum Gasteiger partial charge on any atom is 0.0963 e. The van der Waals surface area contributed by atoms with Crippen molar-refractivity contribution in [1.82, 2.24) is 24.5 Å². The predicted octanol–water partition coefficient (Wildman–Crippen LogP) is 11.7. The van der Waals surface area contributed by atoms with Crippen LogP contribution in [-0.2, 0) is 5.41 Å². The Balaban J connectivity index is 1.01. The zero-order chi connectivity index (χ0) is 38.6. The summed E-state index contributed by atoms with van der Waals surface area (Å²) in [7, 11) is 0. The van der Waals surface area contributed by atoms with Gasteiger partial charge in [0.15, 0.2) is 0 Å². The average molecular weight is 745 g/mol. The van der Waals surface area contributed by atoms with Gasteiger partial charge in [0.2, 0.25) is 0 Å². The number of benzene rings is 3. The van der Waals surface area contributed by atoms with Gasteiger partial charge in [-0.25, -0.2) is 0 Å². The standard InChI is InChI=1S/C52H36N6/c1-52-34-36(40-17-5-6-19-42(40)45-21-8-10-29-54-45)25-27-49(52)58(48-23-13-31-56-51(48)52)38-15-11-14-37(33-38)57-46-26-24-35(32-43(46)50-47(57)22-12-30-55-50)39-16-3-2-4-18-41(39)44-20-7-9-28-53-44/h3-34,49H,1H3. The fraction of sp³-hybridized carbons (Fsp3) is 0.0577.